The van der Waals surface area contributed by atoms with Gasteiger partial charge in [-0.1, -0.05) is 35.9 Å². The zero-order valence-electron chi connectivity index (χ0n) is 14.1. The van der Waals surface area contributed by atoms with Gasteiger partial charge in [0.15, 0.2) is 0 Å². The third kappa shape index (κ3) is 4.83. The van der Waals surface area contributed by atoms with Crippen molar-refractivity contribution in [3.05, 3.63) is 70.9 Å². The number of aromatic nitrogens is 1. The summed E-state index contributed by atoms with van der Waals surface area (Å²) in [5, 5.41) is 10.3. The molecule has 1 N–H and O–H groups in total. The highest BCUT2D eigenvalue weighted by molar-refractivity contribution is 6.35. The number of ether oxygens (including phenoxy) is 1. The van der Waals surface area contributed by atoms with E-state index in [1.165, 1.54) is 0 Å². The van der Waals surface area contributed by atoms with E-state index in [1.54, 1.807) is 0 Å². The van der Waals surface area contributed by atoms with E-state index in [0.29, 0.717) is 18.1 Å². The fraction of sp³-hybridized carbons (Fsp3) is 0.143. The highest BCUT2D eigenvalue weighted by Crippen LogP contribution is 2.22. The van der Waals surface area contributed by atoms with E-state index in [9.17, 15) is 4.79 Å². The van der Waals surface area contributed by atoms with E-state index in [0.717, 1.165) is 27.9 Å². The van der Waals surface area contributed by atoms with Crippen molar-refractivity contribution in [3.8, 4) is 5.75 Å². The summed E-state index contributed by atoms with van der Waals surface area (Å²) in [7, 11) is 0. The molecule has 0 spiro atoms. The summed E-state index contributed by atoms with van der Waals surface area (Å²) >= 11 is 6.16. The average Bonchev–Trinajstić information content (AvgIpc) is 2.64. The van der Waals surface area contributed by atoms with Gasteiger partial charge in [-0.2, -0.15) is 0 Å². The molecule has 0 aliphatic heterocycles. The fourth-order valence-corrected chi connectivity index (χ4v) is 2.76. The van der Waals surface area contributed by atoms with Crippen LogP contribution in [0.15, 0.2) is 54.6 Å². The summed E-state index contributed by atoms with van der Waals surface area (Å²) in [6.07, 6.45) is 4.49. The first kappa shape index (κ1) is 18.0. The molecular formula is C21H18ClNO3. The molecule has 0 amide bonds. The Morgan fingerprint density at radius 3 is 2.81 bits per heavy atom. The van der Waals surface area contributed by atoms with Crippen LogP contribution in [0.3, 0.4) is 0 Å². The zero-order valence-corrected chi connectivity index (χ0v) is 14.8. The molecule has 0 fully saturated rings. The minimum Gasteiger partial charge on any atom is -0.494 e. The van der Waals surface area contributed by atoms with Gasteiger partial charge < -0.3 is 9.84 Å². The molecule has 0 aliphatic rings. The number of fused-ring (bicyclic) bond motifs is 1. The van der Waals surface area contributed by atoms with Crippen LogP contribution < -0.4 is 4.74 Å². The fourth-order valence-electron chi connectivity index (χ4n) is 2.53. The first-order valence-electron chi connectivity index (χ1n) is 8.30. The Kier molecular flexibility index (Phi) is 5.87. The van der Waals surface area contributed by atoms with Gasteiger partial charge in [0.1, 0.15) is 5.75 Å². The molecule has 132 valence electrons. The number of aliphatic carboxylic acids is 1. The summed E-state index contributed by atoms with van der Waals surface area (Å²) in [6, 6.07) is 17.2. The number of halogens is 1. The molecule has 5 heteroatoms. The number of benzene rings is 2. The molecule has 0 unspecified atom stereocenters. The summed E-state index contributed by atoms with van der Waals surface area (Å²) in [5.41, 5.74) is 2.68. The van der Waals surface area contributed by atoms with Crippen LogP contribution >= 0.6 is 11.6 Å². The molecule has 0 radical (unpaired) electrons. The second-order valence-electron chi connectivity index (χ2n) is 5.79. The van der Waals surface area contributed by atoms with Crippen LogP contribution in [0.25, 0.3) is 23.1 Å². The Balaban J connectivity index is 1.68. The number of pyridine rings is 1. The predicted molar refractivity (Wildman–Crippen MR) is 104 cm³/mol. The summed E-state index contributed by atoms with van der Waals surface area (Å²) in [6.45, 7) is 0.381. The van der Waals surface area contributed by atoms with Crippen molar-refractivity contribution in [2.45, 2.75) is 12.8 Å². The van der Waals surface area contributed by atoms with Crippen molar-refractivity contribution in [2.75, 3.05) is 6.61 Å². The smallest absolute Gasteiger partial charge is 0.303 e. The van der Waals surface area contributed by atoms with Crippen molar-refractivity contribution >= 4 is 40.6 Å². The first-order valence-corrected chi connectivity index (χ1v) is 8.67. The van der Waals surface area contributed by atoms with Gasteiger partial charge in [-0.3, -0.25) is 4.79 Å². The van der Waals surface area contributed by atoms with Crippen LogP contribution in [-0.4, -0.2) is 22.7 Å². The van der Waals surface area contributed by atoms with Crippen molar-refractivity contribution in [3.63, 3.8) is 0 Å². The number of rotatable bonds is 7. The van der Waals surface area contributed by atoms with Gasteiger partial charge in [0.25, 0.3) is 0 Å². The Bertz CT molecular complexity index is 953. The summed E-state index contributed by atoms with van der Waals surface area (Å²) in [4.78, 5) is 15.1. The van der Waals surface area contributed by atoms with E-state index >= 15 is 0 Å². The molecule has 0 atom stereocenters. The normalized spacial score (nSPS) is 11.1. The quantitative estimate of drug-likeness (QED) is 0.575. The lowest BCUT2D eigenvalue weighted by molar-refractivity contribution is -0.137. The van der Waals surface area contributed by atoms with E-state index in [1.807, 2.05) is 66.7 Å². The molecular weight excluding hydrogens is 350 g/mol. The van der Waals surface area contributed by atoms with Gasteiger partial charge in [-0.25, -0.2) is 4.98 Å². The maximum absolute atomic E-state index is 10.5. The number of nitrogens with zero attached hydrogens (tertiary/aromatic N) is 1. The average molecular weight is 368 g/mol. The second kappa shape index (κ2) is 8.50. The molecule has 0 aliphatic carbocycles. The van der Waals surface area contributed by atoms with Crippen LogP contribution in [-0.2, 0) is 4.79 Å². The van der Waals surface area contributed by atoms with Crippen molar-refractivity contribution in [1.82, 2.24) is 4.98 Å². The van der Waals surface area contributed by atoms with Crippen LogP contribution in [0.1, 0.15) is 24.1 Å². The van der Waals surface area contributed by atoms with Crippen molar-refractivity contribution in [1.29, 1.82) is 0 Å². The maximum atomic E-state index is 10.5. The predicted octanol–water partition coefficient (Wildman–Crippen LogP) is 5.30. The lowest BCUT2D eigenvalue weighted by Gasteiger charge is -2.06. The minimum absolute atomic E-state index is 0.108. The van der Waals surface area contributed by atoms with Gasteiger partial charge in [0.05, 0.1) is 17.8 Å². The number of hydrogen-bond acceptors (Lipinski definition) is 3. The minimum atomic E-state index is -0.811. The first-order chi connectivity index (χ1) is 12.6. The van der Waals surface area contributed by atoms with E-state index < -0.39 is 5.97 Å². The van der Waals surface area contributed by atoms with Crippen LogP contribution in [0.5, 0.6) is 5.75 Å². The van der Waals surface area contributed by atoms with E-state index in [-0.39, 0.29) is 6.42 Å². The topological polar surface area (TPSA) is 59.4 Å². The SMILES string of the molecule is O=C(O)CCCOc1cccc(/C=C/c2ccc3c(Cl)cccc3n2)c1. The molecule has 3 aromatic rings. The molecule has 0 bridgehead atoms. The summed E-state index contributed by atoms with van der Waals surface area (Å²) < 4.78 is 5.59. The molecule has 1 heterocycles. The van der Waals surface area contributed by atoms with Gasteiger partial charge in [0, 0.05) is 16.8 Å². The molecule has 2 aromatic carbocycles. The number of hydrogen-bond donors (Lipinski definition) is 1. The molecule has 0 saturated heterocycles. The van der Waals surface area contributed by atoms with E-state index in [4.69, 9.17) is 21.4 Å². The lowest BCUT2D eigenvalue weighted by atomic mass is 10.1. The van der Waals surface area contributed by atoms with E-state index in [2.05, 4.69) is 4.98 Å². The number of carboxylic acids is 1. The van der Waals surface area contributed by atoms with Crippen LogP contribution in [0, 0.1) is 0 Å². The Labute approximate surface area is 156 Å². The van der Waals surface area contributed by atoms with Gasteiger partial charge in [-0.05, 0) is 54.5 Å². The monoisotopic (exact) mass is 367 g/mol. The maximum Gasteiger partial charge on any atom is 0.303 e. The Hall–Kier alpha value is -2.85. The lowest BCUT2D eigenvalue weighted by Crippen LogP contribution is -2.02. The highest BCUT2D eigenvalue weighted by atomic mass is 35.5. The third-order valence-corrected chi connectivity index (χ3v) is 4.14. The molecule has 0 saturated carbocycles. The Morgan fingerprint density at radius 1 is 1.12 bits per heavy atom. The standard InChI is InChI=1S/C21H18ClNO3/c22-19-6-2-7-20-18(19)12-11-16(23-20)10-9-15-4-1-5-17(14-15)26-13-3-8-21(24)25/h1-2,4-7,9-12,14H,3,8,13H2,(H,24,25)/b10-9+. The molecule has 3 rings (SSSR count). The summed E-state index contributed by atoms with van der Waals surface area (Å²) in [5.74, 6) is -0.0924. The van der Waals surface area contributed by atoms with Gasteiger partial charge in [0.2, 0.25) is 0 Å². The van der Waals surface area contributed by atoms with Crippen LogP contribution in [0.2, 0.25) is 5.02 Å². The number of carboxylic acid groups (broad SMARTS) is 1. The molecule has 4 nitrogen and oxygen atoms in total. The highest BCUT2D eigenvalue weighted by Gasteiger charge is 2.01. The van der Waals surface area contributed by atoms with Crippen LogP contribution in [0.4, 0.5) is 0 Å². The van der Waals surface area contributed by atoms with Crippen molar-refractivity contribution in [2.24, 2.45) is 0 Å². The second-order valence-corrected chi connectivity index (χ2v) is 6.20. The van der Waals surface area contributed by atoms with Gasteiger partial charge in [-0.15, -0.1) is 0 Å². The molecule has 26 heavy (non-hydrogen) atoms. The largest absolute Gasteiger partial charge is 0.494 e. The van der Waals surface area contributed by atoms with Gasteiger partial charge >= 0.3 is 5.97 Å². The third-order valence-electron chi connectivity index (χ3n) is 3.81. The number of carbonyl (C=O) groups is 1. The Morgan fingerprint density at radius 2 is 1.96 bits per heavy atom. The molecule has 1 aromatic heterocycles. The zero-order chi connectivity index (χ0) is 18.4. The van der Waals surface area contributed by atoms with Crippen molar-refractivity contribution < 1.29 is 14.6 Å².